The summed E-state index contributed by atoms with van der Waals surface area (Å²) < 4.78 is 41.2. The lowest BCUT2D eigenvalue weighted by Gasteiger charge is -2.36. The predicted molar refractivity (Wildman–Crippen MR) is 115 cm³/mol. The molecule has 1 aromatic carbocycles. The molecule has 3 rings (SSSR count). The number of carbonyl (C=O) groups excluding carboxylic acids is 1. The van der Waals surface area contributed by atoms with Crippen LogP contribution in [0.4, 0.5) is 0 Å². The van der Waals surface area contributed by atoms with Crippen LogP contribution in [0.25, 0.3) is 0 Å². The average molecular weight is 452 g/mol. The highest BCUT2D eigenvalue weighted by molar-refractivity contribution is 7.87. The number of aromatic nitrogens is 2. The summed E-state index contributed by atoms with van der Waals surface area (Å²) in [5, 5.41) is 7.05. The van der Waals surface area contributed by atoms with E-state index < -0.39 is 22.3 Å². The predicted octanol–water partition coefficient (Wildman–Crippen LogP) is 0.684. The van der Waals surface area contributed by atoms with Crippen LogP contribution in [0.2, 0.25) is 0 Å². The summed E-state index contributed by atoms with van der Waals surface area (Å²) in [4.78, 5) is 12.9. The second-order valence-electron chi connectivity index (χ2n) is 7.48. The molecule has 31 heavy (non-hydrogen) atoms. The van der Waals surface area contributed by atoms with Crippen molar-refractivity contribution in [1.82, 2.24) is 24.1 Å². The molecular formula is C20H29N5O5S. The van der Waals surface area contributed by atoms with E-state index in [4.69, 9.17) is 9.47 Å². The molecular weight excluding hydrogens is 422 g/mol. The highest BCUT2D eigenvalue weighted by Gasteiger charge is 2.41. The van der Waals surface area contributed by atoms with Gasteiger partial charge in [0.15, 0.2) is 11.5 Å². The van der Waals surface area contributed by atoms with Gasteiger partial charge in [0.05, 0.1) is 26.5 Å². The molecule has 0 aliphatic carbocycles. The molecule has 1 aromatic heterocycles. The van der Waals surface area contributed by atoms with Crippen LogP contribution in [0.5, 0.6) is 11.5 Å². The van der Waals surface area contributed by atoms with Crippen molar-refractivity contribution in [3.05, 3.63) is 41.2 Å². The number of hydrogen-bond donors (Lipinski definition) is 2. The summed E-state index contributed by atoms with van der Waals surface area (Å²) in [6, 6.07) is 4.23. The fourth-order valence-electron chi connectivity index (χ4n) is 3.65. The number of rotatable bonds is 7. The van der Waals surface area contributed by atoms with Crippen LogP contribution in [0.1, 0.15) is 29.3 Å². The zero-order chi connectivity index (χ0) is 22.8. The Hall–Kier alpha value is -2.63. The molecule has 1 amide bonds. The molecule has 0 spiro atoms. The van der Waals surface area contributed by atoms with Gasteiger partial charge in [-0.05, 0) is 37.5 Å². The zero-order valence-corrected chi connectivity index (χ0v) is 19.2. The first-order valence-electron chi connectivity index (χ1n) is 9.90. The maximum Gasteiger partial charge on any atom is 0.280 e. The van der Waals surface area contributed by atoms with Crippen molar-refractivity contribution >= 4 is 16.1 Å². The van der Waals surface area contributed by atoms with Gasteiger partial charge in [0, 0.05) is 31.9 Å². The first-order valence-corrected chi connectivity index (χ1v) is 11.3. The summed E-state index contributed by atoms with van der Waals surface area (Å²) in [6.07, 6.45) is 2.52. The fraction of sp³-hybridized carbons (Fsp3) is 0.500. The van der Waals surface area contributed by atoms with Crippen molar-refractivity contribution in [2.75, 3.05) is 27.8 Å². The maximum absolute atomic E-state index is 12.9. The molecule has 1 aliphatic rings. The summed E-state index contributed by atoms with van der Waals surface area (Å²) in [5.74, 6) is 0.915. The van der Waals surface area contributed by atoms with Gasteiger partial charge in [-0.25, -0.2) is 0 Å². The molecule has 1 fully saturated rings. The number of nitrogens with zero attached hydrogens (tertiary/aromatic N) is 3. The normalized spacial score (nSPS) is 20.9. The molecule has 2 heterocycles. The molecule has 1 saturated heterocycles. The first-order chi connectivity index (χ1) is 14.7. The number of likely N-dealkylation sites (N-methyl/N-ethyl adjacent to an activating group) is 1. The number of hydrogen-bond acceptors (Lipinski definition) is 6. The zero-order valence-electron chi connectivity index (χ0n) is 18.4. The molecule has 2 atom stereocenters. The van der Waals surface area contributed by atoms with Crippen molar-refractivity contribution in [2.45, 2.75) is 31.8 Å². The van der Waals surface area contributed by atoms with Crippen LogP contribution in [0.3, 0.4) is 0 Å². The van der Waals surface area contributed by atoms with Gasteiger partial charge in [0.1, 0.15) is 6.04 Å². The number of aryl methyl sites for hydroxylation is 1. The number of amides is 1. The number of benzene rings is 1. The van der Waals surface area contributed by atoms with E-state index in [1.807, 2.05) is 25.1 Å². The second-order valence-corrected chi connectivity index (χ2v) is 9.24. The van der Waals surface area contributed by atoms with Gasteiger partial charge in [-0.3, -0.25) is 9.48 Å². The first kappa shape index (κ1) is 23.0. The minimum atomic E-state index is -3.80. The number of methoxy groups -OCH3 is 2. The SMILES string of the molecule is COc1ccc(CCNC(=O)[C@@H]2C[C@H](c3cnn(C)c3C)NS(=O)(=O)N2C)cc1OC. The fourth-order valence-corrected chi connectivity index (χ4v) is 4.92. The van der Waals surface area contributed by atoms with E-state index >= 15 is 0 Å². The van der Waals surface area contributed by atoms with Gasteiger partial charge in [0.25, 0.3) is 10.2 Å². The third-order valence-electron chi connectivity index (χ3n) is 5.68. The lowest BCUT2D eigenvalue weighted by molar-refractivity contribution is -0.125. The summed E-state index contributed by atoms with van der Waals surface area (Å²) in [7, 11) is 2.54. The van der Waals surface area contributed by atoms with Crippen LogP contribution in [0.15, 0.2) is 24.4 Å². The molecule has 11 heteroatoms. The minimum absolute atomic E-state index is 0.310. The molecule has 0 saturated carbocycles. The third-order valence-corrected chi connectivity index (χ3v) is 7.28. The Kier molecular flexibility index (Phi) is 6.87. The molecule has 2 aromatic rings. The molecule has 10 nitrogen and oxygen atoms in total. The van der Waals surface area contributed by atoms with Crippen LogP contribution < -0.4 is 19.5 Å². The highest BCUT2D eigenvalue weighted by Crippen LogP contribution is 2.30. The number of carbonyl (C=O) groups is 1. The lowest BCUT2D eigenvalue weighted by atomic mass is 10.00. The van der Waals surface area contributed by atoms with Gasteiger partial charge in [-0.2, -0.15) is 22.5 Å². The van der Waals surface area contributed by atoms with Crippen molar-refractivity contribution in [3.63, 3.8) is 0 Å². The van der Waals surface area contributed by atoms with E-state index in [0.717, 1.165) is 21.1 Å². The van der Waals surface area contributed by atoms with Crippen molar-refractivity contribution in [2.24, 2.45) is 7.05 Å². The summed E-state index contributed by atoms with van der Waals surface area (Å²) in [5.41, 5.74) is 2.58. The molecule has 170 valence electrons. The van der Waals surface area contributed by atoms with E-state index in [0.29, 0.717) is 30.9 Å². The Morgan fingerprint density at radius 1 is 1.26 bits per heavy atom. The monoisotopic (exact) mass is 451 g/mol. The van der Waals surface area contributed by atoms with Gasteiger partial charge in [-0.1, -0.05) is 6.07 Å². The largest absolute Gasteiger partial charge is 0.493 e. The average Bonchev–Trinajstić information content (AvgIpc) is 3.08. The van der Waals surface area contributed by atoms with Crippen molar-refractivity contribution in [1.29, 1.82) is 0 Å². The van der Waals surface area contributed by atoms with Crippen molar-refractivity contribution in [3.8, 4) is 11.5 Å². The van der Waals surface area contributed by atoms with Gasteiger partial charge in [0.2, 0.25) is 5.91 Å². The highest BCUT2D eigenvalue weighted by atomic mass is 32.2. The van der Waals surface area contributed by atoms with E-state index in [1.165, 1.54) is 7.05 Å². The molecule has 1 aliphatic heterocycles. The Balaban J connectivity index is 1.67. The Labute approximate surface area is 182 Å². The molecule has 0 bridgehead atoms. The molecule has 2 N–H and O–H groups in total. The summed E-state index contributed by atoms with van der Waals surface area (Å²) in [6.45, 7) is 2.23. The van der Waals surface area contributed by atoms with E-state index in [1.54, 1.807) is 32.1 Å². The van der Waals surface area contributed by atoms with Crippen LogP contribution >= 0.6 is 0 Å². The quantitative estimate of drug-likeness (QED) is 0.640. The summed E-state index contributed by atoms with van der Waals surface area (Å²) >= 11 is 0. The maximum atomic E-state index is 12.9. The topological polar surface area (TPSA) is 115 Å². The van der Waals surface area contributed by atoms with Gasteiger partial charge >= 0.3 is 0 Å². The standard InChI is InChI=1S/C20H29N5O5S/c1-13-15(12-22-24(13)2)16-11-17(25(3)31(27,28)23-16)20(26)21-9-8-14-6-7-18(29-4)19(10-14)30-5/h6-7,10,12,16-17,23H,8-9,11H2,1-5H3,(H,21,26)/t16-,17+/m1/s1. The Bertz CT molecular complexity index is 1050. The Morgan fingerprint density at radius 2 is 1.97 bits per heavy atom. The van der Waals surface area contributed by atoms with E-state index in [2.05, 4.69) is 15.1 Å². The van der Waals surface area contributed by atoms with Crippen LogP contribution in [-0.2, 0) is 28.5 Å². The Morgan fingerprint density at radius 3 is 2.58 bits per heavy atom. The van der Waals surface area contributed by atoms with Crippen LogP contribution in [0, 0.1) is 6.92 Å². The third kappa shape index (κ3) is 4.83. The lowest BCUT2D eigenvalue weighted by Crippen LogP contribution is -2.57. The van der Waals surface area contributed by atoms with Gasteiger partial charge < -0.3 is 14.8 Å². The molecule has 0 radical (unpaired) electrons. The van der Waals surface area contributed by atoms with E-state index in [9.17, 15) is 13.2 Å². The minimum Gasteiger partial charge on any atom is -0.493 e. The number of nitrogens with one attached hydrogen (secondary N) is 2. The smallest absolute Gasteiger partial charge is 0.280 e. The van der Waals surface area contributed by atoms with Crippen LogP contribution in [-0.4, -0.2) is 62.3 Å². The van der Waals surface area contributed by atoms with Gasteiger partial charge in [-0.15, -0.1) is 0 Å². The van der Waals surface area contributed by atoms with Crippen molar-refractivity contribution < 1.29 is 22.7 Å². The second kappa shape index (κ2) is 9.25. The number of ether oxygens (including phenoxy) is 2. The van der Waals surface area contributed by atoms with E-state index in [-0.39, 0.29) is 5.91 Å². The molecule has 0 unspecified atom stereocenters.